The summed E-state index contributed by atoms with van der Waals surface area (Å²) in [5, 5.41) is 6.67. The van der Waals surface area contributed by atoms with E-state index < -0.39 is 0 Å². The van der Waals surface area contributed by atoms with Crippen LogP contribution >= 0.6 is 0 Å². The predicted octanol–water partition coefficient (Wildman–Crippen LogP) is 3.87. The molecule has 6 nitrogen and oxygen atoms in total. The maximum atomic E-state index is 5.98. The molecule has 1 aromatic carbocycles. The van der Waals surface area contributed by atoms with Crippen molar-refractivity contribution in [3.05, 3.63) is 42.4 Å². The average Bonchev–Trinajstić information content (AvgIpc) is 3.22. The number of guanidine groups is 1. The van der Waals surface area contributed by atoms with Gasteiger partial charge in [-0.1, -0.05) is 49.6 Å². The van der Waals surface area contributed by atoms with Crippen molar-refractivity contribution >= 4 is 5.96 Å². The van der Waals surface area contributed by atoms with E-state index in [0.29, 0.717) is 12.6 Å². The summed E-state index contributed by atoms with van der Waals surface area (Å²) in [4.78, 5) is 12.4. The normalized spacial score (nSPS) is 15.5. The van der Waals surface area contributed by atoms with Crippen LogP contribution in [-0.2, 0) is 11.3 Å². The molecule has 0 atom stereocenters. The maximum Gasteiger partial charge on any atom is 0.191 e. The highest BCUT2D eigenvalue weighted by molar-refractivity contribution is 5.79. The van der Waals surface area contributed by atoms with E-state index in [9.17, 15) is 0 Å². The van der Waals surface area contributed by atoms with Gasteiger partial charge in [0.2, 0.25) is 0 Å². The minimum absolute atomic E-state index is 0.480. The highest BCUT2D eigenvalue weighted by atomic mass is 16.5. The fourth-order valence-corrected chi connectivity index (χ4v) is 3.46. The molecule has 1 aliphatic rings. The van der Waals surface area contributed by atoms with Crippen molar-refractivity contribution in [2.24, 2.45) is 4.99 Å². The summed E-state index contributed by atoms with van der Waals surface area (Å²) >= 11 is 0. The molecule has 0 spiro atoms. The monoisotopic (exact) mass is 383 g/mol. The highest BCUT2D eigenvalue weighted by Crippen LogP contribution is 2.20. The number of imidazole rings is 1. The lowest BCUT2D eigenvalue weighted by atomic mass is 9.98. The lowest BCUT2D eigenvalue weighted by molar-refractivity contribution is 0.0277. The summed E-state index contributed by atoms with van der Waals surface area (Å²) in [6.07, 6.45) is 9.79. The molecule has 3 rings (SSSR count). The SMILES string of the molecule is CCNC(=NCc1ncc(-c2ccccc2)[nH]1)NCCCOC1CCCCC1. The van der Waals surface area contributed by atoms with Crippen molar-refractivity contribution in [3.8, 4) is 11.3 Å². The van der Waals surface area contributed by atoms with Crippen LogP contribution < -0.4 is 10.6 Å². The maximum absolute atomic E-state index is 5.98. The molecule has 0 amide bonds. The Morgan fingerprint density at radius 2 is 2.00 bits per heavy atom. The van der Waals surface area contributed by atoms with E-state index in [2.05, 4.69) is 44.7 Å². The van der Waals surface area contributed by atoms with Crippen molar-refractivity contribution in [1.29, 1.82) is 0 Å². The van der Waals surface area contributed by atoms with Crippen LogP contribution in [0.15, 0.2) is 41.5 Å². The van der Waals surface area contributed by atoms with Gasteiger partial charge in [-0.25, -0.2) is 9.98 Å². The quantitative estimate of drug-likeness (QED) is 0.349. The van der Waals surface area contributed by atoms with E-state index >= 15 is 0 Å². The number of benzene rings is 1. The Kier molecular flexibility index (Phi) is 8.37. The Balaban J connectivity index is 1.41. The van der Waals surface area contributed by atoms with Crippen LogP contribution in [0.25, 0.3) is 11.3 Å². The van der Waals surface area contributed by atoms with Gasteiger partial charge in [0, 0.05) is 19.7 Å². The predicted molar refractivity (Wildman–Crippen MR) is 114 cm³/mol. The van der Waals surface area contributed by atoms with Crippen LogP contribution in [0.3, 0.4) is 0 Å². The number of aromatic amines is 1. The molecule has 1 aliphatic carbocycles. The molecule has 0 saturated heterocycles. The van der Waals surface area contributed by atoms with Gasteiger partial charge in [-0.2, -0.15) is 0 Å². The molecule has 1 aromatic heterocycles. The van der Waals surface area contributed by atoms with Gasteiger partial charge >= 0.3 is 0 Å². The Bertz CT molecular complexity index is 707. The molecule has 1 saturated carbocycles. The zero-order valence-corrected chi connectivity index (χ0v) is 16.9. The van der Waals surface area contributed by atoms with Crippen LogP contribution in [0.5, 0.6) is 0 Å². The largest absolute Gasteiger partial charge is 0.378 e. The Hall–Kier alpha value is -2.34. The second-order valence-corrected chi connectivity index (χ2v) is 7.22. The lowest BCUT2D eigenvalue weighted by Gasteiger charge is -2.22. The Labute approximate surface area is 168 Å². The molecule has 1 fully saturated rings. The van der Waals surface area contributed by atoms with E-state index in [0.717, 1.165) is 49.2 Å². The van der Waals surface area contributed by atoms with E-state index in [1.165, 1.54) is 32.1 Å². The number of nitrogens with one attached hydrogen (secondary N) is 3. The fraction of sp³-hybridized carbons (Fsp3) is 0.545. The first kappa shape index (κ1) is 20.4. The summed E-state index contributed by atoms with van der Waals surface area (Å²) in [5.41, 5.74) is 2.15. The van der Waals surface area contributed by atoms with E-state index in [1.54, 1.807) is 0 Å². The topological polar surface area (TPSA) is 74.3 Å². The molecule has 0 bridgehead atoms. The van der Waals surface area contributed by atoms with Crippen LogP contribution in [0, 0.1) is 0 Å². The second kappa shape index (κ2) is 11.5. The zero-order valence-electron chi connectivity index (χ0n) is 16.9. The number of nitrogens with zero attached hydrogens (tertiary/aromatic N) is 2. The third-order valence-electron chi connectivity index (χ3n) is 4.96. The molecule has 0 aliphatic heterocycles. The summed E-state index contributed by atoms with van der Waals surface area (Å²) in [6, 6.07) is 10.2. The first-order chi connectivity index (χ1) is 13.8. The second-order valence-electron chi connectivity index (χ2n) is 7.22. The number of rotatable bonds is 9. The van der Waals surface area contributed by atoms with Crippen LogP contribution in [0.4, 0.5) is 0 Å². The molecule has 3 N–H and O–H groups in total. The molecular weight excluding hydrogens is 350 g/mol. The van der Waals surface area contributed by atoms with E-state index in [4.69, 9.17) is 4.74 Å². The van der Waals surface area contributed by atoms with Gasteiger partial charge in [0.15, 0.2) is 5.96 Å². The first-order valence-corrected chi connectivity index (χ1v) is 10.6. The molecule has 0 radical (unpaired) electrons. The Morgan fingerprint density at radius 1 is 1.18 bits per heavy atom. The zero-order chi connectivity index (χ0) is 19.4. The van der Waals surface area contributed by atoms with Crippen molar-refractivity contribution in [2.75, 3.05) is 19.7 Å². The van der Waals surface area contributed by atoms with Gasteiger partial charge in [0.05, 0.1) is 18.0 Å². The van der Waals surface area contributed by atoms with Crippen LogP contribution in [-0.4, -0.2) is 41.7 Å². The molecule has 0 unspecified atom stereocenters. The van der Waals surface area contributed by atoms with Crippen molar-refractivity contribution in [3.63, 3.8) is 0 Å². The van der Waals surface area contributed by atoms with E-state index in [1.807, 2.05) is 24.4 Å². The minimum Gasteiger partial charge on any atom is -0.378 e. The van der Waals surface area contributed by atoms with Gasteiger partial charge < -0.3 is 20.4 Å². The van der Waals surface area contributed by atoms with Gasteiger partial charge in [-0.3, -0.25) is 0 Å². The highest BCUT2D eigenvalue weighted by Gasteiger charge is 2.13. The number of H-pyrrole nitrogens is 1. The summed E-state index contributed by atoms with van der Waals surface area (Å²) in [7, 11) is 0. The fourth-order valence-electron chi connectivity index (χ4n) is 3.46. The van der Waals surface area contributed by atoms with Gasteiger partial charge in [-0.05, 0) is 31.7 Å². The smallest absolute Gasteiger partial charge is 0.191 e. The number of aromatic nitrogens is 2. The third kappa shape index (κ3) is 6.68. The minimum atomic E-state index is 0.480. The number of hydrogen-bond acceptors (Lipinski definition) is 3. The Morgan fingerprint density at radius 3 is 2.79 bits per heavy atom. The van der Waals surface area contributed by atoms with Gasteiger partial charge in [-0.15, -0.1) is 0 Å². The van der Waals surface area contributed by atoms with Crippen molar-refractivity contribution in [1.82, 2.24) is 20.6 Å². The molecule has 2 aromatic rings. The molecule has 28 heavy (non-hydrogen) atoms. The summed E-state index contributed by atoms with van der Waals surface area (Å²) < 4.78 is 5.98. The van der Waals surface area contributed by atoms with E-state index in [-0.39, 0.29) is 0 Å². The first-order valence-electron chi connectivity index (χ1n) is 10.6. The van der Waals surface area contributed by atoms with Gasteiger partial charge in [0.1, 0.15) is 12.4 Å². The lowest BCUT2D eigenvalue weighted by Crippen LogP contribution is -2.38. The van der Waals surface area contributed by atoms with Crippen LogP contribution in [0.2, 0.25) is 0 Å². The third-order valence-corrected chi connectivity index (χ3v) is 4.96. The number of ether oxygens (including phenoxy) is 1. The summed E-state index contributed by atoms with van der Waals surface area (Å²) in [6.45, 7) is 5.09. The van der Waals surface area contributed by atoms with Crippen molar-refractivity contribution in [2.45, 2.75) is 58.1 Å². The summed E-state index contributed by atoms with van der Waals surface area (Å²) in [5.74, 6) is 1.68. The van der Waals surface area contributed by atoms with Crippen molar-refractivity contribution < 1.29 is 4.74 Å². The number of aliphatic imine (C=N–C) groups is 1. The number of hydrogen-bond donors (Lipinski definition) is 3. The average molecular weight is 384 g/mol. The molecule has 152 valence electrons. The molecular formula is C22H33N5O. The standard InChI is InChI=1S/C22H33N5O/c1-2-23-22(24-14-9-15-28-19-12-7-4-8-13-19)26-17-21-25-16-20(27-21)18-10-5-3-6-11-18/h3,5-6,10-11,16,19H,2,4,7-9,12-15,17H2,1H3,(H,25,27)(H2,23,24,26). The van der Waals surface area contributed by atoms with Crippen LogP contribution in [0.1, 0.15) is 51.3 Å². The van der Waals surface area contributed by atoms with Gasteiger partial charge in [0.25, 0.3) is 0 Å². The molecule has 6 heteroatoms. The molecule has 1 heterocycles.